The van der Waals surface area contributed by atoms with E-state index in [2.05, 4.69) is 15.5 Å². The summed E-state index contributed by atoms with van der Waals surface area (Å²) >= 11 is -2.10. The third kappa shape index (κ3) is 7.64. The van der Waals surface area contributed by atoms with Gasteiger partial charge < -0.3 is 48.3 Å². The lowest BCUT2D eigenvalue weighted by Crippen LogP contribution is -2.54. The number of halogens is 3. The highest BCUT2D eigenvalue weighted by Crippen LogP contribution is 2.60. The number of fused-ring (bicyclic) bond motifs is 6. The van der Waals surface area contributed by atoms with Crippen LogP contribution in [-0.2, 0) is 38.2 Å². The number of carbonyl (C=O) groups excluding carboxylic acids is 2. The third-order valence-electron chi connectivity index (χ3n) is 11.3. The van der Waals surface area contributed by atoms with Gasteiger partial charge in [0.1, 0.15) is 18.4 Å². The molecule has 14 nitrogen and oxygen atoms in total. The number of hydrogen-bond donors (Lipinski definition) is 3. The summed E-state index contributed by atoms with van der Waals surface area (Å²) in [6.45, 7) is 5.52. The molecule has 3 aromatic carbocycles. The van der Waals surface area contributed by atoms with Crippen LogP contribution in [0.4, 0.5) is 13.2 Å². The first-order chi connectivity index (χ1) is 28.1. The molecule has 3 aromatic rings. The Morgan fingerprint density at radius 1 is 1.03 bits per heavy atom. The van der Waals surface area contributed by atoms with Crippen molar-refractivity contribution in [1.82, 2.24) is 15.5 Å². The number of alkyl halides is 3. The van der Waals surface area contributed by atoms with Crippen molar-refractivity contribution in [1.29, 1.82) is 0 Å². The maximum absolute atomic E-state index is 14.3. The molecule has 59 heavy (non-hydrogen) atoms. The van der Waals surface area contributed by atoms with Crippen LogP contribution in [0.25, 0.3) is 0 Å². The molecule has 0 amide bonds. The second-order valence-electron chi connectivity index (χ2n) is 14.6. The Hall–Kier alpha value is -4.43. The van der Waals surface area contributed by atoms with E-state index in [1.54, 1.807) is 18.7 Å². The Labute approximate surface area is 346 Å². The lowest BCUT2D eigenvalue weighted by Gasteiger charge is -2.51. The van der Waals surface area contributed by atoms with Gasteiger partial charge in [-0.05, 0) is 87.3 Å². The highest BCUT2D eigenvalue weighted by atomic mass is 32.2. The standard InChI is InChI=1S/C40H46F3N3O11S2/c1-18-13-22-9-8-12-46-24(16-53-39(49)30-23-15-25(51-5)26(14-21(23)10-11-45-30)57-59(50)40(41,42)43)28-29(35(56-20(3)47)19(2)36-37(28)55-17-54-36)38(58-7)32(46)31(44-4)27(22)33(48)34(18)52-6/h13-15,24,30-32,38,44-45,48H,8-12,16-17H2,1-7H3/t24?,30?,31-,32?,38?,59?/m1/s1. The van der Waals surface area contributed by atoms with Gasteiger partial charge in [0.2, 0.25) is 6.79 Å². The number of esters is 2. The number of nitrogens with zero attached hydrogens (tertiary/aromatic N) is 1. The van der Waals surface area contributed by atoms with Crippen molar-refractivity contribution in [3.8, 4) is 40.2 Å². The van der Waals surface area contributed by atoms with E-state index in [9.17, 15) is 32.1 Å². The van der Waals surface area contributed by atoms with E-state index in [0.717, 1.165) is 11.1 Å². The number of rotatable bonds is 10. The number of likely N-dealkylation sites (N-methyl/N-ethyl adjacent to an activating group) is 1. The first-order valence-corrected chi connectivity index (χ1v) is 21.3. The van der Waals surface area contributed by atoms with Gasteiger partial charge in [0.05, 0.1) is 31.6 Å². The second-order valence-corrected chi connectivity index (χ2v) is 16.7. The van der Waals surface area contributed by atoms with Gasteiger partial charge in [-0.2, -0.15) is 24.9 Å². The summed E-state index contributed by atoms with van der Waals surface area (Å²) in [6.07, 6.45) is 3.57. The second kappa shape index (κ2) is 16.9. The molecule has 0 aromatic heterocycles. The maximum Gasteiger partial charge on any atom is 0.508 e. The molecule has 0 saturated heterocycles. The topological polar surface area (TPSA) is 163 Å². The first kappa shape index (κ1) is 42.7. The summed E-state index contributed by atoms with van der Waals surface area (Å²) in [4.78, 5) is 29.3. The Bertz CT molecular complexity index is 2190. The number of methoxy groups -OCH3 is 2. The number of aromatic hydroxyl groups is 1. The van der Waals surface area contributed by atoms with Crippen molar-refractivity contribution in [3.05, 3.63) is 62.7 Å². The van der Waals surface area contributed by atoms with Gasteiger partial charge in [0.25, 0.3) is 0 Å². The lowest BCUT2D eigenvalue weighted by atomic mass is 9.78. The molecule has 0 bridgehead atoms. The smallest absolute Gasteiger partial charge is 0.504 e. The largest absolute Gasteiger partial charge is 0.508 e. The predicted octanol–water partition coefficient (Wildman–Crippen LogP) is 5.71. The van der Waals surface area contributed by atoms with E-state index >= 15 is 0 Å². The minimum absolute atomic E-state index is 0.0232. The van der Waals surface area contributed by atoms with Crippen LogP contribution in [0, 0.1) is 13.8 Å². The van der Waals surface area contributed by atoms with Crippen LogP contribution in [0.2, 0.25) is 0 Å². The third-order valence-corrected chi connectivity index (χ3v) is 13.1. The molecule has 7 rings (SSSR count). The van der Waals surface area contributed by atoms with Gasteiger partial charge >= 0.3 is 28.5 Å². The number of carbonyl (C=O) groups is 2. The van der Waals surface area contributed by atoms with Gasteiger partial charge in [-0.15, -0.1) is 0 Å². The summed E-state index contributed by atoms with van der Waals surface area (Å²) < 4.78 is 91.4. The summed E-state index contributed by atoms with van der Waals surface area (Å²) in [5, 5.41) is 18.1. The summed E-state index contributed by atoms with van der Waals surface area (Å²) in [5.74, 6) is -0.180. The molecule has 6 atom stereocenters. The van der Waals surface area contributed by atoms with Crippen LogP contribution in [0.5, 0.6) is 40.2 Å². The van der Waals surface area contributed by atoms with Gasteiger partial charge in [-0.3, -0.25) is 9.69 Å². The first-order valence-electron chi connectivity index (χ1n) is 18.9. The maximum atomic E-state index is 14.3. The summed E-state index contributed by atoms with van der Waals surface area (Å²) in [5.41, 5.74) is 0.0892. The fourth-order valence-electron chi connectivity index (χ4n) is 9.01. The highest BCUT2D eigenvalue weighted by molar-refractivity contribution is 7.98. The molecule has 3 N–H and O–H groups in total. The monoisotopic (exact) mass is 865 g/mol. The van der Waals surface area contributed by atoms with Crippen LogP contribution in [0.3, 0.4) is 0 Å². The van der Waals surface area contributed by atoms with Crippen molar-refractivity contribution in [3.63, 3.8) is 0 Å². The van der Waals surface area contributed by atoms with Gasteiger partial charge in [-0.25, -0.2) is 9.00 Å². The van der Waals surface area contributed by atoms with E-state index in [4.69, 9.17) is 32.6 Å². The zero-order chi connectivity index (χ0) is 42.5. The van der Waals surface area contributed by atoms with Gasteiger partial charge in [0.15, 0.2) is 34.5 Å². The molecule has 0 fully saturated rings. The molecular weight excluding hydrogens is 820 g/mol. The predicted molar refractivity (Wildman–Crippen MR) is 211 cm³/mol. The van der Waals surface area contributed by atoms with Crippen LogP contribution >= 0.6 is 11.8 Å². The van der Waals surface area contributed by atoms with E-state index in [0.29, 0.717) is 82.2 Å². The molecule has 0 spiro atoms. The highest BCUT2D eigenvalue weighted by Gasteiger charge is 2.51. The number of ether oxygens (including phenoxy) is 6. The summed E-state index contributed by atoms with van der Waals surface area (Å²) in [6, 6.07) is 2.03. The quantitative estimate of drug-likeness (QED) is 0.168. The van der Waals surface area contributed by atoms with Gasteiger partial charge in [-0.1, -0.05) is 6.07 Å². The number of aryl methyl sites for hydroxylation is 2. The summed E-state index contributed by atoms with van der Waals surface area (Å²) in [7, 11) is 4.55. The van der Waals surface area contributed by atoms with Crippen LogP contribution in [0.1, 0.15) is 81.2 Å². The zero-order valence-corrected chi connectivity index (χ0v) is 35.1. The van der Waals surface area contributed by atoms with E-state index in [1.807, 2.05) is 26.3 Å². The molecule has 5 unspecified atom stereocenters. The Morgan fingerprint density at radius 2 is 1.78 bits per heavy atom. The molecule has 320 valence electrons. The molecule has 0 aliphatic carbocycles. The molecular formula is C40H46F3N3O11S2. The van der Waals surface area contributed by atoms with E-state index < -0.39 is 57.9 Å². The number of hydrogen-bond acceptors (Lipinski definition) is 15. The minimum atomic E-state index is -5.12. The number of phenolic OH excluding ortho intramolecular Hbond substituents is 1. The Kier molecular flexibility index (Phi) is 12.2. The SMILES string of the molecule is CN[C@@H]1c2c(cc(C)c(OC)c2O)CCCN2C(COC(=O)C3NCCc4cc(OS(=O)C(F)(F)F)c(OC)cc43)c3c4c(c(C)c(OC(C)=O)c3C(SC)C12)OCO4. The van der Waals surface area contributed by atoms with Gasteiger partial charge in [0, 0.05) is 41.8 Å². The fraction of sp³-hybridized carbons (Fsp3) is 0.500. The zero-order valence-electron chi connectivity index (χ0n) is 33.5. The molecule has 4 aliphatic rings. The normalized spacial score (nSPS) is 22.7. The Morgan fingerprint density at radius 3 is 2.44 bits per heavy atom. The average molecular weight is 866 g/mol. The average Bonchev–Trinajstić information content (AvgIpc) is 3.68. The van der Waals surface area contributed by atoms with Crippen molar-refractivity contribution < 1.29 is 64.7 Å². The van der Waals surface area contributed by atoms with E-state index in [1.165, 1.54) is 33.3 Å². The lowest BCUT2D eigenvalue weighted by molar-refractivity contribution is -0.149. The van der Waals surface area contributed by atoms with Crippen molar-refractivity contribution in [2.45, 2.75) is 75.0 Å². The molecule has 0 radical (unpaired) electrons. The van der Waals surface area contributed by atoms with Crippen LogP contribution in [-0.4, -0.2) is 91.7 Å². The molecule has 19 heteroatoms. The van der Waals surface area contributed by atoms with Crippen LogP contribution in [0.15, 0.2) is 18.2 Å². The number of thioether (sulfide) groups is 1. The van der Waals surface area contributed by atoms with Crippen molar-refractivity contribution >= 4 is 34.8 Å². The van der Waals surface area contributed by atoms with Crippen LogP contribution < -0.4 is 38.5 Å². The molecule has 0 saturated carbocycles. The van der Waals surface area contributed by atoms with Crippen molar-refractivity contribution in [2.24, 2.45) is 0 Å². The number of benzene rings is 3. The number of nitrogens with one attached hydrogen (secondary N) is 2. The van der Waals surface area contributed by atoms with E-state index in [-0.39, 0.29) is 37.2 Å². The molecule has 4 heterocycles. The minimum Gasteiger partial charge on any atom is -0.504 e. The number of phenols is 1. The fourth-order valence-corrected chi connectivity index (χ4v) is 10.5. The van der Waals surface area contributed by atoms with Crippen molar-refractivity contribution in [2.75, 3.05) is 54.0 Å². The molecule has 4 aliphatic heterocycles. The Balaban J connectivity index is 1.33.